The predicted octanol–water partition coefficient (Wildman–Crippen LogP) is 4.28. The van der Waals surface area contributed by atoms with Gasteiger partial charge in [0.2, 0.25) is 0 Å². The van der Waals surface area contributed by atoms with Crippen LogP contribution < -0.4 is 0 Å². The summed E-state index contributed by atoms with van der Waals surface area (Å²) in [5, 5.41) is 2.69. The van der Waals surface area contributed by atoms with Gasteiger partial charge in [0.25, 0.3) is 0 Å². The molecule has 0 aliphatic heterocycles. The minimum absolute atomic E-state index is 0.778. The third-order valence-corrected chi connectivity index (χ3v) is 3.76. The highest BCUT2D eigenvalue weighted by atomic mass is 14.6. The van der Waals surface area contributed by atoms with Gasteiger partial charge in [0.1, 0.15) is 0 Å². The zero-order valence-corrected chi connectivity index (χ0v) is 9.52. The topological polar surface area (TPSA) is 12.9 Å². The van der Waals surface area contributed by atoms with Crippen LogP contribution in [0.5, 0.6) is 0 Å². The third-order valence-electron chi connectivity index (χ3n) is 3.76. The fourth-order valence-electron chi connectivity index (χ4n) is 2.92. The molecule has 0 N–H and O–H groups in total. The number of hydrogen-bond donors (Lipinski definition) is 0. The molecule has 0 saturated heterocycles. The number of hydrogen-bond acceptors (Lipinski definition) is 1. The van der Waals surface area contributed by atoms with Crippen LogP contribution in [0.3, 0.4) is 0 Å². The van der Waals surface area contributed by atoms with E-state index in [0.29, 0.717) is 0 Å². The van der Waals surface area contributed by atoms with Crippen LogP contribution in [0, 0.1) is 0 Å². The molecule has 0 amide bonds. The molecule has 2 aromatic rings. The van der Waals surface area contributed by atoms with E-state index in [9.17, 15) is 0 Å². The zero-order valence-electron chi connectivity index (χ0n) is 9.52. The van der Waals surface area contributed by atoms with Gasteiger partial charge in [0.05, 0.1) is 0 Å². The van der Waals surface area contributed by atoms with Crippen LogP contribution in [0.15, 0.2) is 36.7 Å². The minimum atomic E-state index is 0.778. The molecule has 1 saturated carbocycles. The first-order valence-corrected chi connectivity index (χ1v) is 6.28. The van der Waals surface area contributed by atoms with E-state index in [1.807, 2.05) is 12.4 Å². The Balaban J connectivity index is 2.08. The second kappa shape index (κ2) is 4.25. The van der Waals surface area contributed by atoms with Gasteiger partial charge in [-0.3, -0.25) is 4.98 Å². The van der Waals surface area contributed by atoms with Gasteiger partial charge in [-0.05, 0) is 35.8 Å². The Morgan fingerprint density at radius 3 is 2.75 bits per heavy atom. The molecule has 82 valence electrons. The molecule has 1 aromatic carbocycles. The highest BCUT2D eigenvalue weighted by molar-refractivity contribution is 5.85. The highest BCUT2D eigenvalue weighted by Gasteiger charge is 2.17. The Morgan fingerprint density at radius 2 is 1.88 bits per heavy atom. The second-order valence-electron chi connectivity index (χ2n) is 4.78. The molecular weight excluding hydrogens is 194 g/mol. The van der Waals surface area contributed by atoms with Crippen LogP contribution in [0.1, 0.15) is 43.6 Å². The van der Waals surface area contributed by atoms with Gasteiger partial charge in [0.15, 0.2) is 0 Å². The molecule has 1 fully saturated rings. The summed E-state index contributed by atoms with van der Waals surface area (Å²) in [6, 6.07) is 8.81. The average molecular weight is 211 g/mol. The van der Waals surface area contributed by atoms with Crippen LogP contribution in [0.4, 0.5) is 0 Å². The smallest absolute Gasteiger partial charge is 0.0346 e. The number of benzene rings is 1. The minimum Gasteiger partial charge on any atom is -0.264 e. The molecule has 1 heterocycles. The van der Waals surface area contributed by atoms with Gasteiger partial charge in [-0.15, -0.1) is 0 Å². The third kappa shape index (κ3) is 1.71. The van der Waals surface area contributed by atoms with Gasteiger partial charge in [-0.1, -0.05) is 37.5 Å². The maximum absolute atomic E-state index is 4.20. The lowest BCUT2D eigenvalue weighted by Gasteiger charge is -2.23. The molecule has 0 radical (unpaired) electrons. The van der Waals surface area contributed by atoms with Crippen molar-refractivity contribution < 1.29 is 0 Å². The van der Waals surface area contributed by atoms with Gasteiger partial charge in [0, 0.05) is 17.8 Å². The molecular formula is C15H17N. The Bertz CT molecular complexity index is 478. The lowest BCUT2D eigenvalue weighted by atomic mass is 9.82. The van der Waals surface area contributed by atoms with Crippen LogP contribution in [0.25, 0.3) is 10.8 Å². The van der Waals surface area contributed by atoms with Crippen molar-refractivity contribution in [3.63, 3.8) is 0 Å². The molecule has 1 aromatic heterocycles. The lowest BCUT2D eigenvalue weighted by Crippen LogP contribution is -2.04. The predicted molar refractivity (Wildman–Crippen MR) is 67.6 cm³/mol. The summed E-state index contributed by atoms with van der Waals surface area (Å²) in [5.74, 6) is 0.778. The quantitative estimate of drug-likeness (QED) is 0.686. The van der Waals surface area contributed by atoms with E-state index in [4.69, 9.17) is 0 Å². The van der Waals surface area contributed by atoms with Gasteiger partial charge >= 0.3 is 0 Å². The molecule has 0 bridgehead atoms. The average Bonchev–Trinajstić information content (AvgIpc) is 2.39. The van der Waals surface area contributed by atoms with Crippen LogP contribution >= 0.6 is 0 Å². The largest absolute Gasteiger partial charge is 0.264 e. The normalized spacial score (nSPS) is 17.8. The number of pyridine rings is 1. The Morgan fingerprint density at radius 1 is 1.00 bits per heavy atom. The Labute approximate surface area is 96.5 Å². The van der Waals surface area contributed by atoms with Crippen LogP contribution in [0.2, 0.25) is 0 Å². The molecule has 0 unspecified atom stereocenters. The molecule has 0 atom stereocenters. The van der Waals surface area contributed by atoms with Crippen molar-refractivity contribution in [1.82, 2.24) is 4.98 Å². The maximum atomic E-state index is 4.20. The lowest BCUT2D eigenvalue weighted by molar-refractivity contribution is 0.445. The Kier molecular flexibility index (Phi) is 2.61. The van der Waals surface area contributed by atoms with E-state index in [1.165, 1.54) is 42.9 Å². The number of fused-ring (bicyclic) bond motifs is 1. The molecule has 1 nitrogen and oxygen atoms in total. The zero-order chi connectivity index (χ0) is 10.8. The number of aromatic nitrogens is 1. The van der Waals surface area contributed by atoms with Crippen molar-refractivity contribution in [2.45, 2.75) is 38.0 Å². The monoisotopic (exact) mass is 211 g/mol. The van der Waals surface area contributed by atoms with E-state index in [2.05, 4.69) is 29.2 Å². The van der Waals surface area contributed by atoms with Gasteiger partial charge in [-0.25, -0.2) is 0 Å². The van der Waals surface area contributed by atoms with Crippen molar-refractivity contribution in [3.05, 3.63) is 42.2 Å². The summed E-state index contributed by atoms with van der Waals surface area (Å²) in [4.78, 5) is 4.20. The molecule has 1 heteroatoms. The number of nitrogens with zero attached hydrogens (tertiary/aromatic N) is 1. The van der Waals surface area contributed by atoms with Crippen molar-refractivity contribution in [2.24, 2.45) is 0 Å². The van der Waals surface area contributed by atoms with E-state index >= 15 is 0 Å². The van der Waals surface area contributed by atoms with Crippen LogP contribution in [-0.2, 0) is 0 Å². The van der Waals surface area contributed by atoms with Crippen LogP contribution in [-0.4, -0.2) is 4.98 Å². The van der Waals surface area contributed by atoms with Gasteiger partial charge < -0.3 is 0 Å². The molecule has 16 heavy (non-hydrogen) atoms. The first-order chi connectivity index (χ1) is 7.95. The molecule has 1 aliphatic rings. The fraction of sp³-hybridized carbons (Fsp3) is 0.400. The van der Waals surface area contributed by atoms with E-state index in [0.717, 1.165) is 5.92 Å². The summed E-state index contributed by atoms with van der Waals surface area (Å²) in [6.07, 6.45) is 10.8. The highest BCUT2D eigenvalue weighted by Crippen LogP contribution is 2.35. The number of rotatable bonds is 1. The summed E-state index contributed by atoms with van der Waals surface area (Å²) < 4.78 is 0. The van der Waals surface area contributed by atoms with Crippen molar-refractivity contribution in [3.8, 4) is 0 Å². The van der Waals surface area contributed by atoms with E-state index < -0.39 is 0 Å². The van der Waals surface area contributed by atoms with Crippen molar-refractivity contribution in [2.75, 3.05) is 0 Å². The first kappa shape index (κ1) is 9.83. The van der Waals surface area contributed by atoms with Gasteiger partial charge in [-0.2, -0.15) is 0 Å². The standard InChI is InChI=1S/C15H17N/c1-2-5-12(6-3-1)14-8-4-7-13-11-16-10-9-15(13)14/h4,7-12H,1-3,5-6H2. The molecule has 0 spiro atoms. The maximum Gasteiger partial charge on any atom is 0.0346 e. The molecule has 3 rings (SSSR count). The van der Waals surface area contributed by atoms with Crippen molar-refractivity contribution in [1.29, 1.82) is 0 Å². The van der Waals surface area contributed by atoms with E-state index in [1.54, 1.807) is 5.56 Å². The fourth-order valence-corrected chi connectivity index (χ4v) is 2.92. The Hall–Kier alpha value is -1.37. The first-order valence-electron chi connectivity index (χ1n) is 6.28. The summed E-state index contributed by atoms with van der Waals surface area (Å²) >= 11 is 0. The summed E-state index contributed by atoms with van der Waals surface area (Å²) in [7, 11) is 0. The summed E-state index contributed by atoms with van der Waals surface area (Å²) in [5.41, 5.74) is 1.54. The van der Waals surface area contributed by atoms with Crippen molar-refractivity contribution >= 4 is 10.8 Å². The molecule has 1 aliphatic carbocycles. The second-order valence-corrected chi connectivity index (χ2v) is 4.78. The summed E-state index contributed by atoms with van der Waals surface area (Å²) in [6.45, 7) is 0. The SMILES string of the molecule is c1cc(C2CCCCC2)c2ccncc2c1. The van der Waals surface area contributed by atoms with E-state index in [-0.39, 0.29) is 0 Å².